The second kappa shape index (κ2) is 27.9. The lowest BCUT2D eigenvalue weighted by Crippen LogP contribution is -2.63. The van der Waals surface area contributed by atoms with Crippen LogP contribution in [0.3, 0.4) is 0 Å². The first-order valence-electron chi connectivity index (χ1n) is 42.5. The van der Waals surface area contributed by atoms with Crippen LogP contribution in [-0.4, -0.2) is 27.1 Å². The summed E-state index contributed by atoms with van der Waals surface area (Å²) in [6.45, 7) is 9.80. The average Bonchev–Trinajstić information content (AvgIpc) is 1.45. The molecule has 0 fully saturated rings. The van der Waals surface area contributed by atoms with Gasteiger partial charge < -0.3 is 33.3 Å². The molecule has 576 valence electrons. The molecule has 4 aromatic heterocycles. The lowest BCUT2D eigenvalue weighted by Gasteiger charge is -2.43. The molecular formula is C112H81B2N7S. The van der Waals surface area contributed by atoms with E-state index in [1.807, 2.05) is 11.3 Å². The van der Waals surface area contributed by atoms with Gasteiger partial charge in [-0.15, -0.1) is 11.3 Å². The molecule has 0 radical (unpaired) electrons. The van der Waals surface area contributed by atoms with Crippen LogP contribution in [0, 0.1) is 0 Å². The van der Waals surface area contributed by atoms with Crippen LogP contribution in [0.2, 0.25) is 0 Å². The minimum atomic E-state index is -0.287. The highest BCUT2D eigenvalue weighted by Gasteiger charge is 2.49. The maximum Gasteiger partial charge on any atom is 0.247 e. The van der Waals surface area contributed by atoms with E-state index in [1.54, 1.807) is 0 Å². The number of anilines is 12. The van der Waals surface area contributed by atoms with E-state index < -0.39 is 0 Å². The maximum atomic E-state index is 2.66. The fourth-order valence-corrected chi connectivity index (χ4v) is 22.6. The molecule has 21 aromatic rings. The van der Waals surface area contributed by atoms with Gasteiger partial charge in [0.1, 0.15) is 0 Å². The van der Waals surface area contributed by atoms with E-state index in [0.29, 0.717) is 0 Å². The van der Waals surface area contributed by atoms with Crippen molar-refractivity contribution in [1.82, 2.24) is 13.7 Å². The Morgan fingerprint density at radius 2 is 0.582 bits per heavy atom. The first-order valence-corrected chi connectivity index (χ1v) is 43.3. The lowest BCUT2D eigenvalue weighted by molar-refractivity contribution is 0.645. The number of nitrogens with zero attached hydrogens (tertiary/aromatic N) is 7. The van der Waals surface area contributed by atoms with Gasteiger partial charge in [-0.05, 0) is 202 Å². The van der Waals surface area contributed by atoms with E-state index >= 15 is 0 Å². The Kier molecular flexibility index (Phi) is 16.3. The van der Waals surface area contributed by atoms with Crippen LogP contribution in [0.1, 0.15) is 49.9 Å². The molecule has 7 nitrogen and oxygen atoms in total. The zero-order valence-electron chi connectivity index (χ0n) is 68.0. The fraction of sp³-hybridized carbons (Fsp3) is 0.0536. The predicted octanol–water partition coefficient (Wildman–Crippen LogP) is 25.5. The fourth-order valence-electron chi connectivity index (χ4n) is 21.4. The zero-order valence-corrected chi connectivity index (χ0v) is 68.8. The average molecular weight is 1580 g/mol. The quantitative estimate of drug-likeness (QED) is 0.108. The van der Waals surface area contributed by atoms with Gasteiger partial charge in [0.15, 0.2) is 0 Å². The van der Waals surface area contributed by atoms with Gasteiger partial charge in [-0.3, -0.25) is 0 Å². The van der Waals surface area contributed by atoms with Crippen molar-refractivity contribution in [2.24, 2.45) is 0 Å². The Bertz CT molecular complexity index is 7540. The summed E-state index contributed by atoms with van der Waals surface area (Å²) in [5.74, 6) is 0. The lowest BCUT2D eigenvalue weighted by atomic mass is 9.30. The molecule has 0 N–H and O–H groups in total. The van der Waals surface area contributed by atoms with Crippen molar-refractivity contribution in [2.75, 3.05) is 19.6 Å². The van der Waals surface area contributed by atoms with E-state index in [1.165, 1.54) is 136 Å². The van der Waals surface area contributed by atoms with Crippen molar-refractivity contribution < 1.29 is 0 Å². The Labute approximate surface area is 714 Å². The summed E-state index contributed by atoms with van der Waals surface area (Å²) in [4.78, 5) is 9.78. The van der Waals surface area contributed by atoms with Gasteiger partial charge >= 0.3 is 0 Å². The summed E-state index contributed by atoms with van der Waals surface area (Å²) in [5.41, 5.74) is 37.9. The molecule has 17 aromatic carbocycles. The summed E-state index contributed by atoms with van der Waals surface area (Å²) in [6, 6.07) is 154. The Balaban J connectivity index is 0.000000139. The number of hydrogen-bond acceptors (Lipinski definition) is 5. The third-order valence-corrected chi connectivity index (χ3v) is 27.7. The molecule has 0 saturated heterocycles. The first kappa shape index (κ1) is 71.3. The molecule has 0 bridgehead atoms. The van der Waals surface area contributed by atoms with Gasteiger partial charge in [0.05, 0.1) is 49.2 Å². The summed E-state index contributed by atoms with van der Waals surface area (Å²) in [5, 5.41) is 5.03. The van der Waals surface area contributed by atoms with E-state index in [9.17, 15) is 0 Å². The summed E-state index contributed by atoms with van der Waals surface area (Å²) in [6.07, 6.45) is 0. The standard InChI is InChI=1S/C59H43BN4.C53H38BN3S/c1-59(2)47-33-19-20-34-49(47)60-50-36-37-52(62(42-26-12-5-13-27-42)43-28-14-6-15-29-43)54-57(50)64(56-46-32-18-21-35-51(46)63(58(54)56)44-30-16-7-17-31-44)53-39-45(38-48(59)55(53)60)61(40-22-8-3-9-23-40)41-24-10-4-11-25-41;1-53(2)41-28-16-17-29-43(41)54-44-31-32-45(56(37-23-11-5-12-24-37)38-25-13-6-14-26-38)48-51(44)57(50-40-27-15-18-30-47(40)58-52(48)50)46-34-39(33-42(53)49(46)54)55(35-19-7-3-8-20-35)36-21-9-4-10-22-36/h3-39H,1-2H3;3-34H,1-2H3. The van der Waals surface area contributed by atoms with Gasteiger partial charge in [-0.1, -0.05) is 299 Å². The zero-order chi connectivity index (χ0) is 81.1. The molecule has 4 aliphatic heterocycles. The number of aromatic nitrogens is 3. The molecule has 122 heavy (non-hydrogen) atoms. The Morgan fingerprint density at radius 1 is 0.246 bits per heavy atom. The molecule has 0 unspecified atom stereocenters. The van der Waals surface area contributed by atoms with Crippen molar-refractivity contribution in [2.45, 2.75) is 38.5 Å². The number of thiophene rings is 1. The molecule has 0 atom stereocenters. The molecular weight excluding hydrogens is 1500 g/mol. The van der Waals surface area contributed by atoms with E-state index in [4.69, 9.17) is 0 Å². The van der Waals surface area contributed by atoms with Crippen LogP contribution >= 0.6 is 11.3 Å². The van der Waals surface area contributed by atoms with Crippen molar-refractivity contribution >= 4 is 190 Å². The predicted molar refractivity (Wildman–Crippen MR) is 519 cm³/mol. The van der Waals surface area contributed by atoms with Gasteiger partial charge in [-0.2, -0.15) is 0 Å². The third-order valence-electron chi connectivity index (χ3n) is 26.5. The second-order valence-electron chi connectivity index (χ2n) is 33.8. The summed E-state index contributed by atoms with van der Waals surface area (Å²) in [7, 11) is 0. The molecule has 0 aliphatic carbocycles. The molecule has 0 amide bonds. The Morgan fingerprint density at radius 3 is 1.01 bits per heavy atom. The van der Waals surface area contributed by atoms with E-state index in [0.717, 1.165) is 68.2 Å². The van der Waals surface area contributed by atoms with Crippen molar-refractivity contribution in [3.63, 3.8) is 0 Å². The highest BCUT2D eigenvalue weighted by molar-refractivity contribution is 7.27. The van der Waals surface area contributed by atoms with E-state index in [-0.39, 0.29) is 24.3 Å². The highest BCUT2D eigenvalue weighted by atomic mass is 32.1. The van der Waals surface area contributed by atoms with Crippen LogP contribution in [0.5, 0.6) is 0 Å². The largest absolute Gasteiger partial charge is 0.310 e. The second-order valence-corrected chi connectivity index (χ2v) is 34.8. The number of rotatable bonds is 13. The number of hydrogen-bond donors (Lipinski definition) is 0. The highest BCUT2D eigenvalue weighted by Crippen LogP contribution is 2.54. The van der Waals surface area contributed by atoms with Crippen molar-refractivity contribution in [1.29, 1.82) is 0 Å². The summed E-state index contributed by atoms with van der Waals surface area (Å²) >= 11 is 1.92. The summed E-state index contributed by atoms with van der Waals surface area (Å²) < 4.78 is 10.5. The first-order chi connectivity index (χ1) is 60.2. The van der Waals surface area contributed by atoms with Gasteiger partial charge in [0.2, 0.25) is 13.4 Å². The van der Waals surface area contributed by atoms with Crippen LogP contribution in [0.4, 0.5) is 68.2 Å². The molecule has 0 saturated carbocycles. The van der Waals surface area contributed by atoms with Crippen LogP contribution in [-0.2, 0) is 10.8 Å². The minimum Gasteiger partial charge on any atom is -0.310 e. The monoisotopic (exact) mass is 1580 g/mol. The topological polar surface area (TPSA) is 27.8 Å². The molecule has 4 aliphatic rings. The van der Waals surface area contributed by atoms with Gasteiger partial charge in [-0.25, -0.2) is 0 Å². The van der Waals surface area contributed by atoms with Crippen LogP contribution < -0.4 is 52.4 Å². The normalized spacial score (nSPS) is 13.3. The van der Waals surface area contributed by atoms with E-state index in [2.05, 4.69) is 480 Å². The van der Waals surface area contributed by atoms with Gasteiger partial charge in [0.25, 0.3) is 0 Å². The Hall–Kier alpha value is -14.8. The number of benzene rings is 17. The minimum absolute atomic E-state index is 0.0200. The van der Waals surface area contributed by atoms with Crippen LogP contribution in [0.25, 0.3) is 81.1 Å². The number of para-hydroxylation sites is 10. The molecule has 0 spiro atoms. The SMILES string of the molecule is CC1(C)c2ccccc2B2c3c(cc(N(c4ccccc4)c4ccccc4)cc31)-n1c3c2ccc(N(c2ccccc2)c2ccccc2)c3c2c1c1ccccc1n2-c1ccccc1.CC1(C)c2ccccc2B2c3c(cc(N(c4ccccc4)c4ccccc4)cc31)-n1c3c2ccc(N(c2ccccc2)c2ccccc2)c3c2sc3ccccc3c21. The van der Waals surface area contributed by atoms with Crippen molar-refractivity contribution in [3.8, 4) is 17.1 Å². The molecule has 8 heterocycles. The van der Waals surface area contributed by atoms with Crippen LogP contribution in [0.15, 0.2) is 419 Å². The number of fused-ring (bicyclic) bond motifs is 18. The van der Waals surface area contributed by atoms with Gasteiger partial charge in [0, 0.05) is 111 Å². The van der Waals surface area contributed by atoms with Crippen molar-refractivity contribution in [3.05, 3.63) is 441 Å². The maximum absolute atomic E-state index is 2.66. The third kappa shape index (κ3) is 10.7. The molecule has 25 rings (SSSR count). The smallest absolute Gasteiger partial charge is 0.247 e. The molecule has 10 heteroatoms.